The molecule has 23 heavy (non-hydrogen) atoms. The summed E-state index contributed by atoms with van der Waals surface area (Å²) in [4.78, 5) is 9.08. The monoisotopic (exact) mass is 340 g/mol. The minimum absolute atomic E-state index is 0.683. The molecule has 0 saturated heterocycles. The zero-order chi connectivity index (χ0) is 15.8. The number of aromatic nitrogens is 4. The van der Waals surface area contributed by atoms with Gasteiger partial charge in [0.25, 0.3) is 5.78 Å². The van der Waals surface area contributed by atoms with E-state index in [-0.39, 0.29) is 0 Å². The topological polar surface area (TPSA) is 35.1 Å². The Hall–Kier alpha value is -2.24. The lowest BCUT2D eigenvalue weighted by Crippen LogP contribution is -2.05. The summed E-state index contributed by atoms with van der Waals surface area (Å²) < 4.78 is 4.09. The standard InChI is InChI=1S/C17H13ClN4S/c1-23-17-20-16-19-11-15(12-5-3-2-4-6-12)22(16)21(17)14-9-7-13(18)8-10-14/h2-11H,1H3. The summed E-state index contributed by atoms with van der Waals surface area (Å²) in [6.07, 6.45) is 3.87. The molecule has 0 unspecified atom stereocenters. The van der Waals surface area contributed by atoms with Gasteiger partial charge in [-0.05, 0) is 30.5 Å². The van der Waals surface area contributed by atoms with Crippen molar-refractivity contribution in [3.05, 3.63) is 65.8 Å². The van der Waals surface area contributed by atoms with Crippen LogP contribution in [-0.2, 0) is 0 Å². The van der Waals surface area contributed by atoms with Gasteiger partial charge in [0.05, 0.1) is 17.6 Å². The van der Waals surface area contributed by atoms with Crippen LogP contribution in [0.2, 0.25) is 5.02 Å². The Kier molecular flexibility index (Phi) is 3.59. The van der Waals surface area contributed by atoms with Crippen molar-refractivity contribution in [2.75, 3.05) is 6.26 Å². The molecular weight excluding hydrogens is 328 g/mol. The van der Waals surface area contributed by atoms with Crippen molar-refractivity contribution >= 4 is 29.1 Å². The molecular formula is C17H13ClN4S. The van der Waals surface area contributed by atoms with Crippen LogP contribution in [0.5, 0.6) is 0 Å². The molecule has 114 valence electrons. The fraction of sp³-hybridized carbons (Fsp3) is 0.0588. The number of halogens is 1. The fourth-order valence-corrected chi connectivity index (χ4v) is 3.23. The van der Waals surface area contributed by atoms with Crippen molar-refractivity contribution in [1.29, 1.82) is 0 Å². The first-order valence-electron chi connectivity index (χ1n) is 7.10. The highest BCUT2D eigenvalue weighted by Crippen LogP contribution is 2.27. The molecule has 0 aliphatic carbocycles. The second kappa shape index (κ2) is 5.76. The highest BCUT2D eigenvalue weighted by atomic mass is 35.5. The zero-order valence-electron chi connectivity index (χ0n) is 12.3. The Morgan fingerprint density at radius 1 is 1.00 bits per heavy atom. The lowest BCUT2D eigenvalue weighted by atomic mass is 10.2. The highest BCUT2D eigenvalue weighted by Gasteiger charge is 2.17. The molecule has 0 fully saturated rings. The summed E-state index contributed by atoms with van der Waals surface area (Å²) in [5, 5.41) is 1.59. The Labute approximate surface area is 142 Å². The molecule has 0 spiro atoms. The maximum Gasteiger partial charge on any atom is 0.252 e. The fourth-order valence-electron chi connectivity index (χ4n) is 2.57. The second-order valence-corrected chi connectivity index (χ2v) is 6.22. The Morgan fingerprint density at radius 2 is 1.74 bits per heavy atom. The van der Waals surface area contributed by atoms with Crippen LogP contribution < -0.4 is 0 Å². The molecule has 2 aromatic heterocycles. The van der Waals surface area contributed by atoms with E-state index in [1.165, 1.54) is 0 Å². The number of nitrogens with zero attached hydrogens (tertiary/aromatic N) is 4. The first-order valence-corrected chi connectivity index (χ1v) is 8.70. The number of thioether (sulfide) groups is 1. The summed E-state index contributed by atoms with van der Waals surface area (Å²) in [5.74, 6) is 0.683. The van der Waals surface area contributed by atoms with Gasteiger partial charge < -0.3 is 0 Å². The van der Waals surface area contributed by atoms with Gasteiger partial charge in [-0.25, -0.2) is 14.2 Å². The van der Waals surface area contributed by atoms with Crippen LogP contribution in [0.15, 0.2) is 66.0 Å². The summed E-state index contributed by atoms with van der Waals surface area (Å²) in [5.41, 5.74) is 3.10. The minimum atomic E-state index is 0.683. The van der Waals surface area contributed by atoms with E-state index in [2.05, 4.69) is 26.8 Å². The van der Waals surface area contributed by atoms with Crippen molar-refractivity contribution in [1.82, 2.24) is 19.2 Å². The Balaban J connectivity index is 2.01. The number of rotatable bonds is 3. The van der Waals surface area contributed by atoms with Gasteiger partial charge in [0.2, 0.25) is 0 Å². The molecule has 0 saturated carbocycles. The van der Waals surface area contributed by atoms with Crippen LogP contribution in [0.1, 0.15) is 0 Å². The average molecular weight is 341 g/mol. The molecule has 0 bridgehead atoms. The number of benzene rings is 2. The number of hydrogen-bond donors (Lipinski definition) is 0. The predicted molar refractivity (Wildman–Crippen MR) is 94.5 cm³/mol. The maximum absolute atomic E-state index is 6.02. The van der Waals surface area contributed by atoms with E-state index in [4.69, 9.17) is 11.6 Å². The van der Waals surface area contributed by atoms with Crippen molar-refractivity contribution in [2.24, 2.45) is 0 Å². The lowest BCUT2D eigenvalue weighted by Gasteiger charge is -2.10. The van der Waals surface area contributed by atoms with Gasteiger partial charge in [0.1, 0.15) is 0 Å². The molecule has 0 radical (unpaired) electrons. The van der Waals surface area contributed by atoms with Crippen LogP contribution >= 0.6 is 23.4 Å². The zero-order valence-corrected chi connectivity index (χ0v) is 13.9. The smallest absolute Gasteiger partial charge is 0.222 e. The number of fused-ring (bicyclic) bond motifs is 1. The summed E-state index contributed by atoms with van der Waals surface area (Å²) in [7, 11) is 0. The predicted octanol–water partition coefficient (Wildman–Crippen LogP) is 4.56. The minimum Gasteiger partial charge on any atom is -0.222 e. The quantitative estimate of drug-likeness (QED) is 0.513. The molecule has 2 aromatic carbocycles. The van der Waals surface area contributed by atoms with Crippen molar-refractivity contribution in [2.45, 2.75) is 5.16 Å². The van der Waals surface area contributed by atoms with E-state index in [1.807, 2.05) is 59.4 Å². The molecule has 4 rings (SSSR count). The molecule has 4 nitrogen and oxygen atoms in total. The maximum atomic E-state index is 6.02. The first kappa shape index (κ1) is 14.4. The third-order valence-electron chi connectivity index (χ3n) is 3.62. The van der Waals surface area contributed by atoms with E-state index in [0.29, 0.717) is 10.8 Å². The first-order chi connectivity index (χ1) is 11.3. The van der Waals surface area contributed by atoms with Crippen LogP contribution in [0, 0.1) is 0 Å². The van der Waals surface area contributed by atoms with Crippen LogP contribution in [0.25, 0.3) is 22.7 Å². The normalized spacial score (nSPS) is 11.2. The van der Waals surface area contributed by atoms with Crippen molar-refractivity contribution in [3.63, 3.8) is 0 Å². The van der Waals surface area contributed by atoms with E-state index < -0.39 is 0 Å². The number of hydrogen-bond acceptors (Lipinski definition) is 3. The summed E-state index contributed by atoms with van der Waals surface area (Å²) in [6.45, 7) is 0. The highest BCUT2D eigenvalue weighted by molar-refractivity contribution is 7.98. The van der Waals surface area contributed by atoms with Gasteiger partial charge >= 0.3 is 0 Å². The van der Waals surface area contributed by atoms with Gasteiger partial charge in [0.15, 0.2) is 5.16 Å². The van der Waals surface area contributed by atoms with Gasteiger partial charge in [-0.3, -0.25) is 0 Å². The third kappa shape index (κ3) is 2.42. The van der Waals surface area contributed by atoms with E-state index in [9.17, 15) is 0 Å². The van der Waals surface area contributed by atoms with Crippen molar-refractivity contribution < 1.29 is 0 Å². The van der Waals surface area contributed by atoms with Crippen LogP contribution in [-0.4, -0.2) is 25.4 Å². The van der Waals surface area contributed by atoms with Crippen molar-refractivity contribution in [3.8, 4) is 16.9 Å². The summed E-state index contributed by atoms with van der Waals surface area (Å²) >= 11 is 7.61. The van der Waals surface area contributed by atoms with E-state index >= 15 is 0 Å². The molecule has 0 amide bonds. The number of imidazole rings is 1. The average Bonchev–Trinajstić information content (AvgIpc) is 3.15. The molecule has 0 aliphatic rings. The Bertz CT molecular complexity index is 958. The van der Waals surface area contributed by atoms with Crippen LogP contribution in [0.3, 0.4) is 0 Å². The molecule has 4 aromatic rings. The Morgan fingerprint density at radius 3 is 2.43 bits per heavy atom. The lowest BCUT2D eigenvalue weighted by molar-refractivity contribution is 0.733. The largest absolute Gasteiger partial charge is 0.252 e. The van der Waals surface area contributed by atoms with Crippen LogP contribution in [0.4, 0.5) is 0 Å². The van der Waals surface area contributed by atoms with E-state index in [0.717, 1.165) is 22.1 Å². The molecule has 0 aliphatic heterocycles. The van der Waals surface area contributed by atoms with Gasteiger partial charge in [0, 0.05) is 10.6 Å². The molecule has 2 heterocycles. The summed E-state index contributed by atoms with van der Waals surface area (Å²) in [6, 6.07) is 17.9. The second-order valence-electron chi connectivity index (χ2n) is 5.01. The molecule has 0 atom stereocenters. The third-order valence-corrected chi connectivity index (χ3v) is 4.50. The van der Waals surface area contributed by atoms with Gasteiger partial charge in [-0.2, -0.15) is 4.98 Å². The van der Waals surface area contributed by atoms with Gasteiger partial charge in [-0.15, -0.1) is 0 Å². The molecule has 0 N–H and O–H groups in total. The van der Waals surface area contributed by atoms with E-state index in [1.54, 1.807) is 11.8 Å². The molecule has 6 heteroatoms. The SMILES string of the molecule is CSc1nc2ncc(-c3ccccc3)n2n1-c1ccc(Cl)cc1. The van der Waals surface area contributed by atoms with Gasteiger partial charge in [-0.1, -0.05) is 53.7 Å².